The number of aliphatic hydroxyl groups is 2. The Hall–Kier alpha value is -1.20. The second-order valence-corrected chi connectivity index (χ2v) is 6.48. The number of Topliss-reactive ketones (excluding diaryl/α,β-unsaturated/α-hetero) is 1. The largest absolute Gasteiger partial charge is 0.481 e. The lowest BCUT2D eigenvalue weighted by molar-refractivity contribution is -0.137. The zero-order valence-electron chi connectivity index (χ0n) is 14.0. The first kappa shape index (κ1) is 19.8. The van der Waals surface area contributed by atoms with E-state index in [1.807, 2.05) is 6.92 Å². The zero-order valence-corrected chi connectivity index (χ0v) is 14.0. The molecule has 0 aromatic rings. The van der Waals surface area contributed by atoms with Crippen LogP contribution in [-0.4, -0.2) is 39.3 Å². The van der Waals surface area contributed by atoms with Gasteiger partial charge in [-0.1, -0.05) is 44.8 Å². The van der Waals surface area contributed by atoms with Crippen molar-refractivity contribution in [3.05, 3.63) is 12.2 Å². The van der Waals surface area contributed by atoms with Crippen LogP contribution in [0, 0.1) is 11.8 Å². The van der Waals surface area contributed by atoms with E-state index in [-0.39, 0.29) is 30.5 Å². The van der Waals surface area contributed by atoms with Crippen molar-refractivity contribution in [1.29, 1.82) is 0 Å². The van der Waals surface area contributed by atoms with Gasteiger partial charge < -0.3 is 15.3 Å². The van der Waals surface area contributed by atoms with E-state index in [0.29, 0.717) is 12.8 Å². The highest BCUT2D eigenvalue weighted by Crippen LogP contribution is 2.34. The number of hydrogen-bond acceptors (Lipinski definition) is 4. The van der Waals surface area contributed by atoms with E-state index in [9.17, 15) is 19.8 Å². The number of aliphatic hydroxyl groups excluding tert-OH is 2. The normalized spacial score (nSPS) is 26.0. The molecular weight excluding hydrogens is 296 g/mol. The predicted molar refractivity (Wildman–Crippen MR) is 88.0 cm³/mol. The van der Waals surface area contributed by atoms with Crippen LogP contribution < -0.4 is 0 Å². The van der Waals surface area contributed by atoms with Gasteiger partial charge in [0.2, 0.25) is 0 Å². The molecule has 0 bridgehead atoms. The average molecular weight is 326 g/mol. The van der Waals surface area contributed by atoms with E-state index >= 15 is 0 Å². The molecule has 0 heterocycles. The molecule has 1 rings (SSSR count). The summed E-state index contributed by atoms with van der Waals surface area (Å²) in [6.07, 6.45) is 8.62. The molecule has 0 aliphatic heterocycles. The van der Waals surface area contributed by atoms with E-state index in [1.165, 1.54) is 0 Å². The van der Waals surface area contributed by atoms with E-state index < -0.39 is 18.2 Å². The lowest BCUT2D eigenvalue weighted by Crippen LogP contribution is -2.19. The summed E-state index contributed by atoms with van der Waals surface area (Å²) in [5.41, 5.74) is 0. The number of ketones is 1. The van der Waals surface area contributed by atoms with Crippen molar-refractivity contribution in [2.24, 2.45) is 11.8 Å². The van der Waals surface area contributed by atoms with Gasteiger partial charge in [0.25, 0.3) is 0 Å². The highest BCUT2D eigenvalue weighted by atomic mass is 16.4. The third-order valence-electron chi connectivity index (χ3n) is 4.61. The Balaban J connectivity index is 2.33. The lowest BCUT2D eigenvalue weighted by atomic mass is 9.88. The van der Waals surface area contributed by atoms with Crippen molar-refractivity contribution < 1.29 is 24.9 Å². The summed E-state index contributed by atoms with van der Waals surface area (Å²) >= 11 is 0. The SMILES string of the molecule is CC[C@H](O)/C=C/[C@H]1[C@H](O)CC(=O)[C@H]1CCCCCCCC(=O)O. The zero-order chi connectivity index (χ0) is 17.2. The van der Waals surface area contributed by atoms with Crippen LogP contribution in [0.4, 0.5) is 0 Å². The minimum absolute atomic E-state index is 0.115. The molecule has 1 aliphatic carbocycles. The minimum Gasteiger partial charge on any atom is -0.481 e. The molecule has 3 N–H and O–H groups in total. The average Bonchev–Trinajstić information content (AvgIpc) is 2.77. The molecule has 0 radical (unpaired) electrons. The third-order valence-corrected chi connectivity index (χ3v) is 4.61. The van der Waals surface area contributed by atoms with Gasteiger partial charge in [0.1, 0.15) is 5.78 Å². The summed E-state index contributed by atoms with van der Waals surface area (Å²) in [6.45, 7) is 1.88. The molecule has 4 atom stereocenters. The maximum Gasteiger partial charge on any atom is 0.303 e. The Morgan fingerprint density at radius 1 is 1.26 bits per heavy atom. The van der Waals surface area contributed by atoms with E-state index in [4.69, 9.17) is 5.11 Å². The first-order valence-corrected chi connectivity index (χ1v) is 8.74. The Bertz CT molecular complexity index is 404. The van der Waals surface area contributed by atoms with Gasteiger partial charge >= 0.3 is 5.97 Å². The Morgan fingerprint density at radius 3 is 2.57 bits per heavy atom. The molecule has 23 heavy (non-hydrogen) atoms. The molecule has 0 aromatic carbocycles. The van der Waals surface area contributed by atoms with E-state index in [2.05, 4.69) is 0 Å². The Kier molecular flexibility index (Phi) is 9.10. The summed E-state index contributed by atoms with van der Waals surface area (Å²) in [5, 5.41) is 28.2. The standard InChI is InChI=1S/C18H30O5/c1-2-13(19)10-11-15-14(16(20)12-17(15)21)8-6-4-3-5-7-9-18(22)23/h10-11,13-15,17,19,21H,2-9,12H2,1H3,(H,22,23)/b11-10+/t13-,14-,15+,17+/m0/s1. The first-order chi connectivity index (χ1) is 11.0. The van der Waals surface area contributed by atoms with Crippen molar-refractivity contribution in [2.45, 2.75) is 76.9 Å². The molecule has 1 aliphatic rings. The summed E-state index contributed by atoms with van der Waals surface area (Å²) in [7, 11) is 0. The number of rotatable bonds is 11. The highest BCUT2D eigenvalue weighted by molar-refractivity contribution is 5.84. The minimum atomic E-state index is -0.751. The molecule has 0 spiro atoms. The molecule has 0 aromatic heterocycles. The van der Waals surface area contributed by atoms with Crippen LogP contribution in [0.5, 0.6) is 0 Å². The molecule has 0 amide bonds. The highest BCUT2D eigenvalue weighted by Gasteiger charge is 2.39. The molecule has 5 nitrogen and oxygen atoms in total. The second kappa shape index (κ2) is 10.6. The number of carbonyl (C=O) groups is 2. The van der Waals surface area contributed by atoms with Crippen LogP contribution in [0.1, 0.15) is 64.7 Å². The Labute approximate surface area is 138 Å². The number of hydrogen-bond donors (Lipinski definition) is 3. The predicted octanol–water partition coefficient (Wildman–Crippen LogP) is 2.69. The fourth-order valence-corrected chi connectivity index (χ4v) is 3.16. The van der Waals surface area contributed by atoms with Gasteiger partial charge in [0, 0.05) is 24.7 Å². The number of aliphatic carboxylic acids is 1. The van der Waals surface area contributed by atoms with Crippen LogP contribution in [0.25, 0.3) is 0 Å². The van der Waals surface area contributed by atoms with Gasteiger partial charge in [-0.15, -0.1) is 0 Å². The van der Waals surface area contributed by atoms with Gasteiger partial charge in [-0.05, 0) is 19.3 Å². The van der Waals surface area contributed by atoms with E-state index in [0.717, 1.165) is 32.1 Å². The van der Waals surface area contributed by atoms with Crippen LogP contribution in [0.15, 0.2) is 12.2 Å². The van der Waals surface area contributed by atoms with Crippen molar-refractivity contribution in [1.82, 2.24) is 0 Å². The topological polar surface area (TPSA) is 94.8 Å². The maximum atomic E-state index is 12.0. The molecule has 5 heteroatoms. The molecular formula is C18H30O5. The van der Waals surface area contributed by atoms with Crippen molar-refractivity contribution in [2.75, 3.05) is 0 Å². The lowest BCUT2D eigenvalue weighted by Gasteiger charge is -2.17. The fraction of sp³-hybridized carbons (Fsp3) is 0.778. The molecule has 0 saturated heterocycles. The summed E-state index contributed by atoms with van der Waals surface area (Å²) in [5.74, 6) is -0.969. The van der Waals surface area contributed by atoms with Crippen molar-refractivity contribution >= 4 is 11.8 Å². The fourth-order valence-electron chi connectivity index (χ4n) is 3.16. The monoisotopic (exact) mass is 326 g/mol. The summed E-state index contributed by atoms with van der Waals surface area (Å²) < 4.78 is 0. The Morgan fingerprint density at radius 2 is 1.91 bits per heavy atom. The second-order valence-electron chi connectivity index (χ2n) is 6.48. The van der Waals surface area contributed by atoms with Gasteiger partial charge in [-0.25, -0.2) is 0 Å². The van der Waals surface area contributed by atoms with Gasteiger partial charge in [-0.2, -0.15) is 0 Å². The molecule has 0 unspecified atom stereocenters. The molecule has 1 fully saturated rings. The molecule has 1 saturated carbocycles. The summed E-state index contributed by atoms with van der Waals surface area (Å²) in [6, 6.07) is 0. The van der Waals surface area contributed by atoms with Crippen LogP contribution in [0.2, 0.25) is 0 Å². The first-order valence-electron chi connectivity index (χ1n) is 8.74. The van der Waals surface area contributed by atoms with Crippen LogP contribution >= 0.6 is 0 Å². The van der Waals surface area contributed by atoms with Gasteiger partial charge in [0.15, 0.2) is 0 Å². The van der Waals surface area contributed by atoms with Crippen molar-refractivity contribution in [3.63, 3.8) is 0 Å². The quantitative estimate of drug-likeness (QED) is 0.401. The van der Waals surface area contributed by atoms with Crippen LogP contribution in [-0.2, 0) is 9.59 Å². The smallest absolute Gasteiger partial charge is 0.303 e. The maximum absolute atomic E-state index is 12.0. The van der Waals surface area contributed by atoms with E-state index in [1.54, 1.807) is 12.2 Å². The number of carboxylic acid groups (broad SMARTS) is 1. The molecule has 132 valence electrons. The number of carbonyl (C=O) groups excluding carboxylic acids is 1. The third kappa shape index (κ3) is 7.27. The number of unbranched alkanes of at least 4 members (excludes halogenated alkanes) is 4. The van der Waals surface area contributed by atoms with Gasteiger partial charge in [-0.3, -0.25) is 9.59 Å². The van der Waals surface area contributed by atoms with Crippen molar-refractivity contribution in [3.8, 4) is 0 Å². The van der Waals surface area contributed by atoms with Crippen LogP contribution in [0.3, 0.4) is 0 Å². The summed E-state index contributed by atoms with van der Waals surface area (Å²) in [4.78, 5) is 22.4. The number of carboxylic acids is 1. The van der Waals surface area contributed by atoms with Gasteiger partial charge in [0.05, 0.1) is 12.2 Å².